The Bertz CT molecular complexity index is 433. The highest BCUT2D eigenvalue weighted by Crippen LogP contribution is 2.35. The summed E-state index contributed by atoms with van der Waals surface area (Å²) in [6.07, 6.45) is 0.400. The molecule has 2 rings (SSSR count). The smallest absolute Gasteiger partial charge is 0.228 e. The number of alkyl halides is 1. The topological polar surface area (TPSA) is 72.1 Å². The fourth-order valence-corrected chi connectivity index (χ4v) is 2.69. The second-order valence-corrected chi connectivity index (χ2v) is 5.33. The summed E-state index contributed by atoms with van der Waals surface area (Å²) in [5.74, 6) is -0.0835. The number of aromatic nitrogens is 2. The van der Waals surface area contributed by atoms with Crippen molar-refractivity contribution in [3.63, 3.8) is 0 Å². The van der Waals surface area contributed by atoms with Crippen LogP contribution in [0.1, 0.15) is 6.42 Å². The molecule has 16 heavy (non-hydrogen) atoms. The molecular formula is C8H7BrCl2N4O. The van der Waals surface area contributed by atoms with E-state index in [1.54, 1.807) is 0 Å². The van der Waals surface area contributed by atoms with Crippen LogP contribution >= 0.6 is 39.1 Å². The minimum absolute atomic E-state index is 0.0132. The van der Waals surface area contributed by atoms with Gasteiger partial charge in [0.2, 0.25) is 11.9 Å². The van der Waals surface area contributed by atoms with Gasteiger partial charge in [-0.2, -0.15) is 9.97 Å². The summed E-state index contributed by atoms with van der Waals surface area (Å²) < 4.78 is 0. The van der Waals surface area contributed by atoms with Crippen molar-refractivity contribution in [2.24, 2.45) is 0 Å². The maximum atomic E-state index is 11.7. The molecule has 0 spiro atoms. The standard InChI is InChI=1S/C8H7BrCl2N4O/c9-3-1-4(16)15(2-3)5-6(10)13-8(12)14-7(5)11/h3H,1-2H2,(H2,12,13,14). The fraction of sp³-hybridized carbons (Fsp3) is 0.375. The normalized spacial score (nSPS) is 20.6. The molecule has 0 radical (unpaired) electrons. The van der Waals surface area contributed by atoms with Gasteiger partial charge >= 0.3 is 0 Å². The van der Waals surface area contributed by atoms with Crippen LogP contribution in [0, 0.1) is 0 Å². The van der Waals surface area contributed by atoms with Gasteiger partial charge in [0, 0.05) is 17.8 Å². The van der Waals surface area contributed by atoms with Crippen molar-refractivity contribution < 1.29 is 4.79 Å². The molecule has 1 amide bonds. The molecule has 1 atom stereocenters. The van der Waals surface area contributed by atoms with Gasteiger partial charge in [0.15, 0.2) is 10.3 Å². The lowest BCUT2D eigenvalue weighted by molar-refractivity contribution is -0.117. The Morgan fingerprint density at radius 3 is 2.38 bits per heavy atom. The Labute approximate surface area is 110 Å². The minimum Gasteiger partial charge on any atom is -0.368 e. The van der Waals surface area contributed by atoms with E-state index in [2.05, 4.69) is 25.9 Å². The molecule has 1 saturated heterocycles. The molecule has 5 nitrogen and oxygen atoms in total. The molecule has 2 N–H and O–H groups in total. The first-order valence-electron chi connectivity index (χ1n) is 4.42. The van der Waals surface area contributed by atoms with Crippen LogP contribution in [0.2, 0.25) is 10.3 Å². The van der Waals surface area contributed by atoms with Gasteiger partial charge in [-0.3, -0.25) is 4.79 Å². The molecule has 0 aliphatic carbocycles. The predicted molar refractivity (Wildman–Crippen MR) is 66.1 cm³/mol. The first-order valence-corrected chi connectivity index (χ1v) is 6.09. The predicted octanol–water partition coefficient (Wildman–Crippen LogP) is 1.87. The van der Waals surface area contributed by atoms with Crippen LogP contribution in [0.4, 0.5) is 11.6 Å². The second-order valence-electron chi connectivity index (χ2n) is 3.32. The average molecular weight is 326 g/mol. The van der Waals surface area contributed by atoms with E-state index in [9.17, 15) is 4.79 Å². The fourth-order valence-electron chi connectivity index (χ4n) is 1.52. The first-order chi connectivity index (χ1) is 7.49. The molecule has 1 aromatic rings. The summed E-state index contributed by atoms with van der Waals surface area (Å²) in [6, 6.07) is 0. The van der Waals surface area contributed by atoms with Crippen molar-refractivity contribution >= 4 is 56.7 Å². The molecule has 86 valence electrons. The van der Waals surface area contributed by atoms with Crippen molar-refractivity contribution in [2.45, 2.75) is 11.2 Å². The number of amides is 1. The summed E-state index contributed by atoms with van der Waals surface area (Å²) in [5, 5.41) is 0.180. The summed E-state index contributed by atoms with van der Waals surface area (Å²) in [5.41, 5.74) is 5.71. The van der Waals surface area contributed by atoms with Crippen molar-refractivity contribution in [1.29, 1.82) is 0 Å². The largest absolute Gasteiger partial charge is 0.368 e. The van der Waals surface area contributed by atoms with E-state index in [0.717, 1.165) is 0 Å². The van der Waals surface area contributed by atoms with Crippen molar-refractivity contribution in [3.8, 4) is 0 Å². The highest BCUT2D eigenvalue weighted by Gasteiger charge is 2.32. The number of hydrogen-bond acceptors (Lipinski definition) is 4. The van der Waals surface area contributed by atoms with Gasteiger partial charge in [0.25, 0.3) is 0 Å². The maximum Gasteiger partial charge on any atom is 0.228 e. The van der Waals surface area contributed by atoms with Crippen LogP contribution in [0.25, 0.3) is 0 Å². The Hall–Kier alpha value is -0.590. The minimum atomic E-state index is -0.0703. The summed E-state index contributed by atoms with van der Waals surface area (Å²) in [4.78, 5) is 20.8. The number of hydrogen-bond donors (Lipinski definition) is 1. The number of nitrogens with two attached hydrogens (primary N) is 1. The monoisotopic (exact) mass is 324 g/mol. The zero-order valence-electron chi connectivity index (χ0n) is 7.95. The number of carbonyl (C=O) groups is 1. The molecule has 0 bridgehead atoms. The first kappa shape index (κ1) is 11.9. The van der Waals surface area contributed by atoms with Gasteiger partial charge in [-0.25, -0.2) is 0 Å². The second kappa shape index (κ2) is 4.35. The van der Waals surface area contributed by atoms with E-state index in [1.165, 1.54) is 4.90 Å². The van der Waals surface area contributed by atoms with Gasteiger partial charge in [-0.1, -0.05) is 39.1 Å². The van der Waals surface area contributed by atoms with Gasteiger partial charge in [-0.15, -0.1) is 0 Å². The van der Waals surface area contributed by atoms with E-state index in [-0.39, 0.29) is 27.0 Å². The molecule has 0 aromatic carbocycles. The quantitative estimate of drug-likeness (QED) is 0.632. The highest BCUT2D eigenvalue weighted by molar-refractivity contribution is 9.09. The zero-order chi connectivity index (χ0) is 11.9. The lowest BCUT2D eigenvalue weighted by atomic mass is 10.4. The van der Waals surface area contributed by atoms with Crippen molar-refractivity contribution in [3.05, 3.63) is 10.3 Å². The van der Waals surface area contributed by atoms with Crippen LogP contribution < -0.4 is 10.6 Å². The molecule has 1 aliphatic rings. The van der Waals surface area contributed by atoms with Crippen LogP contribution in [0.5, 0.6) is 0 Å². The number of carbonyl (C=O) groups excluding carboxylic acids is 1. The molecule has 8 heteroatoms. The number of nitrogens with zero attached hydrogens (tertiary/aromatic N) is 3. The highest BCUT2D eigenvalue weighted by atomic mass is 79.9. The van der Waals surface area contributed by atoms with Crippen molar-refractivity contribution in [2.75, 3.05) is 17.2 Å². The Morgan fingerprint density at radius 2 is 1.94 bits per heavy atom. The molecule has 1 fully saturated rings. The summed E-state index contributed by atoms with van der Waals surface area (Å²) >= 11 is 15.2. The SMILES string of the molecule is Nc1nc(Cl)c(N2CC(Br)CC2=O)c(Cl)n1. The van der Waals surface area contributed by atoms with Crippen LogP contribution in [-0.2, 0) is 4.79 Å². The molecule has 1 aliphatic heterocycles. The Balaban J connectivity index is 2.44. The van der Waals surface area contributed by atoms with E-state index < -0.39 is 0 Å². The van der Waals surface area contributed by atoms with Gasteiger partial charge in [-0.05, 0) is 0 Å². The number of rotatable bonds is 1. The third-order valence-corrected chi connectivity index (χ3v) is 3.30. The number of anilines is 2. The zero-order valence-corrected chi connectivity index (χ0v) is 11.1. The van der Waals surface area contributed by atoms with Crippen molar-refractivity contribution in [1.82, 2.24) is 9.97 Å². The van der Waals surface area contributed by atoms with E-state index in [1.807, 2.05) is 0 Å². The molecule has 0 saturated carbocycles. The number of halogens is 3. The van der Waals surface area contributed by atoms with Crippen LogP contribution in [0.15, 0.2) is 0 Å². The van der Waals surface area contributed by atoms with E-state index in [0.29, 0.717) is 18.7 Å². The third kappa shape index (κ3) is 2.09. The lowest BCUT2D eigenvalue weighted by Crippen LogP contribution is -2.26. The van der Waals surface area contributed by atoms with E-state index >= 15 is 0 Å². The lowest BCUT2D eigenvalue weighted by Gasteiger charge is -2.17. The van der Waals surface area contributed by atoms with Gasteiger partial charge in [0.05, 0.1) is 0 Å². The Morgan fingerprint density at radius 1 is 1.38 bits per heavy atom. The summed E-state index contributed by atoms with van der Waals surface area (Å²) in [7, 11) is 0. The van der Waals surface area contributed by atoms with Crippen LogP contribution in [-0.4, -0.2) is 27.2 Å². The molecular weight excluding hydrogens is 319 g/mol. The Kier molecular flexibility index (Phi) is 3.23. The van der Waals surface area contributed by atoms with Gasteiger partial charge < -0.3 is 10.6 Å². The summed E-state index contributed by atoms with van der Waals surface area (Å²) in [6.45, 7) is 0.492. The molecule has 1 aromatic heterocycles. The average Bonchev–Trinajstić information content (AvgIpc) is 2.43. The third-order valence-electron chi connectivity index (χ3n) is 2.16. The van der Waals surface area contributed by atoms with Gasteiger partial charge in [0.1, 0.15) is 5.69 Å². The number of nitrogen functional groups attached to an aromatic ring is 1. The maximum absolute atomic E-state index is 11.7. The van der Waals surface area contributed by atoms with E-state index in [4.69, 9.17) is 28.9 Å². The molecule has 1 unspecified atom stereocenters. The molecule has 2 heterocycles. The van der Waals surface area contributed by atoms with Crippen LogP contribution in [0.3, 0.4) is 0 Å².